The highest BCUT2D eigenvalue weighted by Gasteiger charge is 2.29. The lowest BCUT2D eigenvalue weighted by molar-refractivity contribution is -0.770. The van der Waals surface area contributed by atoms with E-state index in [9.17, 15) is 20.0 Å². The number of phenols is 1. The molecule has 2 atom stereocenters. The minimum atomic E-state index is -0.797. The van der Waals surface area contributed by atoms with Crippen LogP contribution in [0.3, 0.4) is 0 Å². The molecule has 1 fully saturated rings. The van der Waals surface area contributed by atoms with Crippen molar-refractivity contribution in [2.75, 3.05) is 0 Å². The molecule has 0 saturated heterocycles. The van der Waals surface area contributed by atoms with Crippen LogP contribution in [-0.4, -0.2) is 28.2 Å². The highest BCUT2D eigenvalue weighted by atomic mass is 17.0. The van der Waals surface area contributed by atoms with E-state index in [2.05, 4.69) is 10.2 Å². The van der Waals surface area contributed by atoms with E-state index in [1.807, 2.05) is 0 Å². The average Bonchev–Trinajstić information content (AvgIpc) is 2.43. The Morgan fingerprint density at radius 2 is 2.00 bits per heavy atom. The summed E-state index contributed by atoms with van der Waals surface area (Å²) in [5.74, 6) is -0.0598. The summed E-state index contributed by atoms with van der Waals surface area (Å²) in [7, 11) is 0. The van der Waals surface area contributed by atoms with Gasteiger partial charge in [0, 0.05) is 0 Å². The highest BCUT2D eigenvalue weighted by molar-refractivity contribution is 5.79. The maximum Gasteiger partial charge on any atom is 0.294 e. The molecule has 0 aliphatic heterocycles. The second-order valence-corrected chi connectivity index (χ2v) is 5.17. The predicted molar refractivity (Wildman–Crippen MR) is 74.1 cm³/mol. The normalized spacial score (nSPS) is 21.5. The van der Waals surface area contributed by atoms with Gasteiger partial charge in [-0.15, -0.1) is 10.1 Å². The van der Waals surface area contributed by atoms with E-state index in [1.54, 1.807) is 12.1 Å². The molecule has 1 aliphatic carbocycles. The van der Waals surface area contributed by atoms with E-state index in [0.29, 0.717) is 12.8 Å². The number of hydrogen-bond donors (Lipinski definition) is 2. The second kappa shape index (κ2) is 6.92. The Kier molecular flexibility index (Phi) is 4.97. The molecule has 7 nitrogen and oxygen atoms in total. The van der Waals surface area contributed by atoms with Gasteiger partial charge in [0.2, 0.25) is 5.91 Å². The molecule has 7 heteroatoms. The lowest BCUT2D eigenvalue weighted by Crippen LogP contribution is -2.47. The quantitative estimate of drug-likeness (QED) is 0.634. The number of carbonyl (C=O) groups is 1. The number of phenolic OH excluding ortho intramolecular Hbond substituents is 1. The molecule has 114 valence electrons. The Bertz CT molecular complexity index is 503. The van der Waals surface area contributed by atoms with Gasteiger partial charge in [-0.2, -0.15) is 0 Å². The van der Waals surface area contributed by atoms with E-state index in [-0.39, 0.29) is 24.1 Å². The van der Waals surface area contributed by atoms with E-state index in [1.165, 1.54) is 12.1 Å². The summed E-state index contributed by atoms with van der Waals surface area (Å²) in [6.45, 7) is 0. The Labute approximate surface area is 122 Å². The van der Waals surface area contributed by atoms with Crippen molar-refractivity contribution >= 4 is 5.91 Å². The average molecular weight is 294 g/mol. The molecule has 2 N–H and O–H groups in total. The first-order valence-electron chi connectivity index (χ1n) is 6.93. The van der Waals surface area contributed by atoms with Gasteiger partial charge in [-0.25, -0.2) is 0 Å². The fourth-order valence-electron chi connectivity index (χ4n) is 2.56. The van der Waals surface area contributed by atoms with Gasteiger partial charge in [0.15, 0.2) is 0 Å². The Hall–Kier alpha value is -2.31. The van der Waals surface area contributed by atoms with Crippen LogP contribution in [0.1, 0.15) is 31.2 Å². The van der Waals surface area contributed by atoms with Crippen LogP contribution in [-0.2, 0) is 16.1 Å². The van der Waals surface area contributed by atoms with Crippen molar-refractivity contribution in [2.24, 2.45) is 0 Å². The minimum absolute atomic E-state index is 0.144. The van der Waals surface area contributed by atoms with Crippen molar-refractivity contribution in [1.82, 2.24) is 5.32 Å². The van der Waals surface area contributed by atoms with E-state index in [4.69, 9.17) is 0 Å². The molecular formula is C14H18N2O5. The highest BCUT2D eigenvalue weighted by Crippen LogP contribution is 2.21. The summed E-state index contributed by atoms with van der Waals surface area (Å²) in [6, 6.07) is 6.04. The van der Waals surface area contributed by atoms with Crippen LogP contribution in [0.25, 0.3) is 0 Å². The molecule has 0 unspecified atom stereocenters. The number of rotatable bonds is 5. The van der Waals surface area contributed by atoms with Crippen molar-refractivity contribution < 1.29 is 19.8 Å². The summed E-state index contributed by atoms with van der Waals surface area (Å²) in [5, 5.41) is 21.7. The standard InChI is InChI=1S/C14H18N2O5/c17-11-7-5-10(6-8-11)9-14(18)15-12-3-1-2-4-13(12)21-16(19)20/h5-8,12-13,17H,1-4,9H2,(H,15,18)/t12-,13-/m1/s1. The monoisotopic (exact) mass is 294 g/mol. The molecule has 2 rings (SSSR count). The number of benzene rings is 1. The third-order valence-corrected chi connectivity index (χ3v) is 3.57. The van der Waals surface area contributed by atoms with E-state index >= 15 is 0 Å². The smallest absolute Gasteiger partial charge is 0.294 e. The minimum Gasteiger partial charge on any atom is -0.508 e. The summed E-state index contributed by atoms with van der Waals surface area (Å²) in [5.41, 5.74) is 0.771. The van der Waals surface area contributed by atoms with Gasteiger partial charge >= 0.3 is 0 Å². The van der Waals surface area contributed by atoms with E-state index in [0.717, 1.165) is 18.4 Å². The molecule has 0 radical (unpaired) electrons. The van der Waals surface area contributed by atoms with Crippen LogP contribution in [0, 0.1) is 10.1 Å². The molecule has 1 aliphatic rings. The van der Waals surface area contributed by atoms with Crippen molar-refractivity contribution in [3.63, 3.8) is 0 Å². The van der Waals surface area contributed by atoms with Crippen molar-refractivity contribution in [3.8, 4) is 5.75 Å². The SMILES string of the molecule is O=C(Cc1ccc(O)cc1)N[C@@H]1CCCC[C@H]1O[N+](=O)[O-]. The van der Waals surface area contributed by atoms with Gasteiger partial charge in [-0.3, -0.25) is 4.79 Å². The summed E-state index contributed by atoms with van der Waals surface area (Å²) in [4.78, 5) is 27.1. The van der Waals surface area contributed by atoms with Gasteiger partial charge in [-0.1, -0.05) is 25.0 Å². The zero-order valence-corrected chi connectivity index (χ0v) is 11.5. The van der Waals surface area contributed by atoms with Gasteiger partial charge in [-0.05, 0) is 30.5 Å². The molecule has 0 heterocycles. The fraction of sp³-hybridized carbons (Fsp3) is 0.500. The molecule has 0 bridgehead atoms. The van der Waals surface area contributed by atoms with E-state index < -0.39 is 11.2 Å². The third-order valence-electron chi connectivity index (χ3n) is 3.57. The van der Waals surface area contributed by atoms with Crippen LogP contribution >= 0.6 is 0 Å². The van der Waals surface area contributed by atoms with Gasteiger partial charge in [0.1, 0.15) is 11.9 Å². The van der Waals surface area contributed by atoms with Gasteiger partial charge < -0.3 is 15.3 Å². The number of hydrogen-bond acceptors (Lipinski definition) is 5. The molecule has 1 aromatic rings. The first-order chi connectivity index (χ1) is 10.0. The Morgan fingerprint density at radius 1 is 1.33 bits per heavy atom. The fourth-order valence-corrected chi connectivity index (χ4v) is 2.56. The van der Waals surface area contributed by atoms with Crippen LogP contribution in [0.4, 0.5) is 0 Å². The molecule has 0 spiro atoms. The van der Waals surface area contributed by atoms with Gasteiger partial charge in [0.25, 0.3) is 5.09 Å². The maximum atomic E-state index is 12.0. The number of carbonyl (C=O) groups excluding carboxylic acids is 1. The molecule has 0 aromatic heterocycles. The Balaban J connectivity index is 1.90. The molecule has 21 heavy (non-hydrogen) atoms. The van der Waals surface area contributed by atoms with Crippen molar-refractivity contribution in [1.29, 1.82) is 0 Å². The lowest BCUT2D eigenvalue weighted by Gasteiger charge is -2.30. The van der Waals surface area contributed by atoms with Crippen LogP contribution in [0.5, 0.6) is 5.75 Å². The molecular weight excluding hydrogens is 276 g/mol. The maximum absolute atomic E-state index is 12.0. The summed E-state index contributed by atoms with van der Waals surface area (Å²) < 4.78 is 0. The van der Waals surface area contributed by atoms with Crippen molar-refractivity contribution in [2.45, 2.75) is 44.2 Å². The number of nitrogens with zero attached hydrogens (tertiary/aromatic N) is 1. The number of nitrogens with one attached hydrogen (secondary N) is 1. The summed E-state index contributed by atoms with van der Waals surface area (Å²) in [6.07, 6.45) is 2.63. The predicted octanol–water partition coefficient (Wildman–Crippen LogP) is 1.57. The van der Waals surface area contributed by atoms with Crippen LogP contribution in [0.2, 0.25) is 0 Å². The first-order valence-corrected chi connectivity index (χ1v) is 6.93. The molecule has 1 aromatic carbocycles. The van der Waals surface area contributed by atoms with Crippen molar-refractivity contribution in [3.05, 3.63) is 39.9 Å². The lowest BCUT2D eigenvalue weighted by atomic mass is 9.92. The third kappa shape index (κ3) is 4.62. The van der Waals surface area contributed by atoms with Crippen LogP contribution in [0.15, 0.2) is 24.3 Å². The van der Waals surface area contributed by atoms with Gasteiger partial charge in [0.05, 0.1) is 12.5 Å². The number of aromatic hydroxyl groups is 1. The second-order valence-electron chi connectivity index (χ2n) is 5.17. The van der Waals surface area contributed by atoms with Crippen LogP contribution < -0.4 is 5.32 Å². The molecule has 1 amide bonds. The summed E-state index contributed by atoms with van der Waals surface area (Å²) >= 11 is 0. The Morgan fingerprint density at radius 3 is 2.67 bits per heavy atom. The largest absolute Gasteiger partial charge is 0.508 e. The first kappa shape index (κ1) is 15.1. The zero-order chi connectivity index (χ0) is 15.2. The topological polar surface area (TPSA) is 102 Å². The zero-order valence-electron chi connectivity index (χ0n) is 11.5. The number of amides is 1. The molecule has 1 saturated carbocycles.